The number of carbonyl (C=O) groups is 5. The van der Waals surface area contributed by atoms with Gasteiger partial charge in [-0.2, -0.15) is 11.8 Å². The molecule has 1 aliphatic heterocycles. The van der Waals surface area contributed by atoms with Crippen molar-refractivity contribution in [1.82, 2.24) is 15.5 Å². The van der Waals surface area contributed by atoms with Gasteiger partial charge in [-0.15, -0.1) is 0 Å². The summed E-state index contributed by atoms with van der Waals surface area (Å²) in [5.74, 6) is -4.20. The molecule has 0 aromatic heterocycles. The van der Waals surface area contributed by atoms with Crippen LogP contribution in [0.4, 0.5) is 17.1 Å². The number of anilines is 2. The second kappa shape index (κ2) is 17.3. The number of non-ortho nitro benzene ring substituents is 1. The first kappa shape index (κ1) is 39.7. The Kier molecular flexibility index (Phi) is 13.5. The molecule has 0 saturated heterocycles. The fourth-order valence-electron chi connectivity index (χ4n) is 5.10. The summed E-state index contributed by atoms with van der Waals surface area (Å²) in [4.78, 5) is 84.3. The van der Waals surface area contributed by atoms with E-state index >= 15 is 0 Å². The lowest BCUT2D eigenvalue weighted by atomic mass is 9.92. The summed E-state index contributed by atoms with van der Waals surface area (Å²) in [6.07, 6.45) is 0.695. The van der Waals surface area contributed by atoms with E-state index in [1.807, 2.05) is 20.8 Å². The minimum absolute atomic E-state index is 0.0204. The highest BCUT2D eigenvalue weighted by molar-refractivity contribution is 7.99. The molecule has 19 heteroatoms. The highest BCUT2D eigenvalue weighted by Gasteiger charge is 2.39. The van der Waals surface area contributed by atoms with Crippen LogP contribution in [0.3, 0.4) is 0 Å². The molecule has 3 amide bonds. The molecule has 3 rings (SSSR count). The van der Waals surface area contributed by atoms with Crippen molar-refractivity contribution in [2.24, 2.45) is 5.41 Å². The number of nitrogens with one attached hydrogen (secondary N) is 4. The van der Waals surface area contributed by atoms with E-state index in [9.17, 15) is 54.4 Å². The van der Waals surface area contributed by atoms with E-state index < -0.39 is 57.6 Å². The molecule has 1 heterocycles. The largest absolute Gasteiger partial charge is 0.480 e. The molecule has 3 unspecified atom stereocenters. The highest BCUT2D eigenvalue weighted by atomic mass is 32.2. The normalized spacial score (nSPS) is 15.2. The van der Waals surface area contributed by atoms with Crippen LogP contribution >= 0.6 is 11.8 Å². The van der Waals surface area contributed by atoms with Crippen LogP contribution in [-0.2, 0) is 30.5 Å². The summed E-state index contributed by atoms with van der Waals surface area (Å²) in [5, 5.41) is 52.2. The van der Waals surface area contributed by atoms with E-state index in [0.717, 1.165) is 11.8 Å². The van der Waals surface area contributed by atoms with Gasteiger partial charge in [0.15, 0.2) is 5.82 Å². The standard InChI is InChI=1S/C32H39N7O11S/c1-18(40)37-15-19-13-21(34-26(16-38(47)48)33-20-5-8-22(9-6-20)39(49)50)7-10-23(19)28(37)29(42)36-24(30(43)44)11-12-51-17-25(31(45)46)35-27(41)14-32(2,3)4/h5-10,13,16,24-25,28,33-34H,11-12,14-15,17H2,1-4H3,(H,35,41)(H,36,42)(H,43,44)(H,45,46). The fourth-order valence-corrected chi connectivity index (χ4v) is 6.13. The number of amides is 3. The molecule has 2 aromatic rings. The lowest BCUT2D eigenvalue weighted by Gasteiger charge is -2.25. The van der Waals surface area contributed by atoms with Crippen molar-refractivity contribution in [3.8, 4) is 0 Å². The van der Waals surface area contributed by atoms with Crippen LogP contribution in [0.25, 0.3) is 0 Å². The van der Waals surface area contributed by atoms with Crippen molar-refractivity contribution in [3.05, 3.63) is 85.8 Å². The van der Waals surface area contributed by atoms with E-state index in [-0.39, 0.29) is 47.8 Å². The maximum Gasteiger partial charge on any atom is 0.327 e. The van der Waals surface area contributed by atoms with Gasteiger partial charge in [-0.05, 0) is 53.0 Å². The van der Waals surface area contributed by atoms with E-state index in [1.54, 1.807) is 6.07 Å². The Bertz CT molecular complexity index is 1710. The van der Waals surface area contributed by atoms with Crippen molar-refractivity contribution in [2.45, 2.75) is 65.2 Å². The Morgan fingerprint density at radius 1 is 0.961 bits per heavy atom. The van der Waals surface area contributed by atoms with Gasteiger partial charge in [0.1, 0.15) is 18.1 Å². The molecule has 1 aliphatic rings. The van der Waals surface area contributed by atoms with Crippen LogP contribution in [0, 0.1) is 25.6 Å². The fraction of sp³-hybridized carbons (Fsp3) is 0.406. The Morgan fingerprint density at radius 2 is 1.57 bits per heavy atom. The minimum Gasteiger partial charge on any atom is -0.480 e. The minimum atomic E-state index is -1.37. The van der Waals surface area contributed by atoms with Gasteiger partial charge >= 0.3 is 11.9 Å². The first-order valence-corrected chi connectivity index (χ1v) is 16.7. The summed E-state index contributed by atoms with van der Waals surface area (Å²) < 4.78 is 0. The molecular formula is C32H39N7O11S. The van der Waals surface area contributed by atoms with Gasteiger partial charge in [0.25, 0.3) is 11.9 Å². The molecule has 3 atom stereocenters. The summed E-state index contributed by atoms with van der Waals surface area (Å²) in [5.41, 5.74) is 1.07. The highest BCUT2D eigenvalue weighted by Crippen LogP contribution is 2.36. The van der Waals surface area contributed by atoms with E-state index in [1.165, 1.54) is 48.2 Å². The maximum atomic E-state index is 13.5. The number of carbonyl (C=O) groups excluding carboxylic acids is 3. The monoisotopic (exact) mass is 729 g/mol. The van der Waals surface area contributed by atoms with Crippen LogP contribution in [0.5, 0.6) is 0 Å². The lowest BCUT2D eigenvalue weighted by molar-refractivity contribution is -0.403. The number of rotatable bonds is 17. The van der Waals surface area contributed by atoms with Gasteiger partial charge < -0.3 is 36.4 Å². The van der Waals surface area contributed by atoms with E-state index in [0.29, 0.717) is 28.7 Å². The van der Waals surface area contributed by atoms with Crippen LogP contribution in [-0.4, -0.2) is 78.2 Å². The zero-order valence-electron chi connectivity index (χ0n) is 28.2. The summed E-state index contributed by atoms with van der Waals surface area (Å²) in [6, 6.07) is 6.07. The number of carboxylic acids is 2. The number of aliphatic carboxylic acids is 2. The van der Waals surface area contributed by atoms with Crippen molar-refractivity contribution in [1.29, 1.82) is 0 Å². The molecule has 51 heavy (non-hydrogen) atoms. The molecule has 0 saturated carbocycles. The number of thioether (sulfide) groups is 1. The molecule has 6 N–H and O–H groups in total. The number of nitro groups is 2. The quantitative estimate of drug-likeness (QED) is 0.0776. The van der Waals surface area contributed by atoms with E-state index in [2.05, 4.69) is 21.3 Å². The van der Waals surface area contributed by atoms with Gasteiger partial charge in [-0.1, -0.05) is 26.8 Å². The third kappa shape index (κ3) is 12.0. The second-order valence-electron chi connectivity index (χ2n) is 12.8. The summed E-state index contributed by atoms with van der Waals surface area (Å²) in [6.45, 7) is 6.75. The van der Waals surface area contributed by atoms with E-state index in [4.69, 9.17) is 0 Å². The molecule has 2 aromatic carbocycles. The number of hydrogen-bond donors (Lipinski definition) is 6. The molecule has 0 bridgehead atoms. The van der Waals surface area contributed by atoms with Crippen LogP contribution in [0.1, 0.15) is 57.7 Å². The Balaban J connectivity index is 1.70. The zero-order chi connectivity index (χ0) is 38.0. The van der Waals surface area contributed by atoms with Crippen molar-refractivity contribution < 1.29 is 44.0 Å². The molecule has 18 nitrogen and oxygen atoms in total. The first-order chi connectivity index (χ1) is 23.8. The van der Waals surface area contributed by atoms with Crippen LogP contribution in [0.2, 0.25) is 0 Å². The predicted molar refractivity (Wildman–Crippen MR) is 186 cm³/mol. The summed E-state index contributed by atoms with van der Waals surface area (Å²) >= 11 is 1.10. The third-order valence-electron chi connectivity index (χ3n) is 7.39. The average Bonchev–Trinajstić information content (AvgIpc) is 3.40. The van der Waals surface area contributed by atoms with Gasteiger partial charge in [0, 0.05) is 49.1 Å². The maximum absolute atomic E-state index is 13.5. The zero-order valence-corrected chi connectivity index (χ0v) is 29.0. The number of fused-ring (bicyclic) bond motifs is 1. The Labute approximate surface area is 296 Å². The number of hydrogen-bond acceptors (Lipinski definition) is 12. The van der Waals surface area contributed by atoms with Gasteiger partial charge in [0.05, 0.1) is 9.85 Å². The smallest absolute Gasteiger partial charge is 0.327 e. The Hall–Kier alpha value is -5.72. The summed E-state index contributed by atoms with van der Waals surface area (Å²) in [7, 11) is 0. The molecule has 0 fully saturated rings. The molecule has 0 radical (unpaired) electrons. The van der Waals surface area contributed by atoms with Crippen LogP contribution < -0.4 is 21.3 Å². The topological polar surface area (TPSA) is 263 Å². The number of nitro benzene ring substituents is 1. The predicted octanol–water partition coefficient (Wildman–Crippen LogP) is 3.30. The van der Waals surface area contributed by atoms with Crippen molar-refractivity contribution in [3.63, 3.8) is 0 Å². The average molecular weight is 730 g/mol. The second-order valence-corrected chi connectivity index (χ2v) is 14.0. The number of benzene rings is 2. The Morgan fingerprint density at radius 3 is 2.12 bits per heavy atom. The van der Waals surface area contributed by atoms with Gasteiger partial charge in [-0.25, -0.2) is 9.59 Å². The molecule has 274 valence electrons. The van der Waals surface area contributed by atoms with Crippen molar-refractivity contribution in [2.75, 3.05) is 22.1 Å². The molecular weight excluding hydrogens is 690 g/mol. The number of carboxylic acid groups (broad SMARTS) is 2. The van der Waals surface area contributed by atoms with Crippen LogP contribution in [0.15, 0.2) is 54.5 Å². The lowest BCUT2D eigenvalue weighted by Crippen LogP contribution is -2.47. The van der Waals surface area contributed by atoms with Gasteiger partial charge in [-0.3, -0.25) is 34.6 Å². The van der Waals surface area contributed by atoms with Crippen molar-refractivity contribution >= 4 is 58.5 Å². The van der Waals surface area contributed by atoms with Gasteiger partial charge in [0.2, 0.25) is 17.7 Å². The third-order valence-corrected chi connectivity index (χ3v) is 8.48. The molecule has 0 spiro atoms. The number of nitrogens with zero attached hydrogens (tertiary/aromatic N) is 3. The SMILES string of the molecule is CC(=O)N1Cc2cc(NC(=C[N+](=O)[O-])Nc3ccc([N+](=O)[O-])cc3)ccc2C1C(=O)NC(CCSCC(NC(=O)CC(C)(C)C)C(=O)O)C(=O)O. The first-order valence-electron chi connectivity index (χ1n) is 15.5. The molecule has 0 aliphatic carbocycles.